The average molecular weight is 358 g/mol. The summed E-state index contributed by atoms with van der Waals surface area (Å²) in [5.74, 6) is -6.95. The molecule has 1 aliphatic carbocycles. The summed E-state index contributed by atoms with van der Waals surface area (Å²) in [5.41, 5.74) is 0.429. The summed E-state index contributed by atoms with van der Waals surface area (Å²) in [6.45, 7) is 3.69. The Morgan fingerprint density at radius 1 is 0.880 bits per heavy atom. The SMILES string of the molecule is CCCCC1CCC(c2ccc(C(F)(F)C(F)(F)CCC)cc2)CC1. The Bertz CT molecular complexity index is 513. The molecule has 0 radical (unpaired) electrons. The fourth-order valence-electron chi connectivity index (χ4n) is 3.92. The molecular formula is C21H30F4. The molecule has 0 nitrogen and oxygen atoms in total. The summed E-state index contributed by atoms with van der Waals surface area (Å²) in [5, 5.41) is 0. The van der Waals surface area contributed by atoms with Crippen LogP contribution in [0.15, 0.2) is 24.3 Å². The molecule has 1 aliphatic rings. The van der Waals surface area contributed by atoms with Crippen LogP contribution < -0.4 is 0 Å². The van der Waals surface area contributed by atoms with E-state index >= 15 is 0 Å². The van der Waals surface area contributed by atoms with Gasteiger partial charge in [0.05, 0.1) is 0 Å². The first-order valence-electron chi connectivity index (χ1n) is 9.67. The lowest BCUT2D eigenvalue weighted by Gasteiger charge is -2.30. The van der Waals surface area contributed by atoms with E-state index < -0.39 is 23.8 Å². The summed E-state index contributed by atoms with van der Waals surface area (Å²) in [6, 6.07) is 5.65. The largest absolute Gasteiger partial charge is 0.335 e. The van der Waals surface area contributed by atoms with Crippen LogP contribution in [0.25, 0.3) is 0 Å². The smallest absolute Gasteiger partial charge is 0.199 e. The third kappa shape index (κ3) is 4.77. The first kappa shape index (κ1) is 20.3. The summed E-state index contributed by atoms with van der Waals surface area (Å²) in [4.78, 5) is 0. The van der Waals surface area contributed by atoms with Gasteiger partial charge in [-0.25, -0.2) is 0 Å². The van der Waals surface area contributed by atoms with Gasteiger partial charge in [0, 0.05) is 12.0 Å². The van der Waals surface area contributed by atoms with E-state index in [9.17, 15) is 17.6 Å². The zero-order valence-electron chi connectivity index (χ0n) is 15.3. The quantitative estimate of drug-likeness (QED) is 0.418. The molecule has 25 heavy (non-hydrogen) atoms. The van der Waals surface area contributed by atoms with E-state index in [1.807, 2.05) is 0 Å². The maximum absolute atomic E-state index is 14.1. The minimum atomic E-state index is -4.11. The van der Waals surface area contributed by atoms with E-state index in [1.165, 1.54) is 51.2 Å². The molecule has 1 fully saturated rings. The highest BCUT2D eigenvalue weighted by molar-refractivity contribution is 5.29. The van der Waals surface area contributed by atoms with Gasteiger partial charge in [-0.05, 0) is 43.1 Å². The van der Waals surface area contributed by atoms with Crippen LogP contribution in [0.4, 0.5) is 17.6 Å². The van der Waals surface area contributed by atoms with Gasteiger partial charge in [-0.1, -0.05) is 63.8 Å². The highest BCUT2D eigenvalue weighted by atomic mass is 19.3. The second-order valence-electron chi connectivity index (χ2n) is 7.51. The molecule has 1 saturated carbocycles. The van der Waals surface area contributed by atoms with E-state index in [-0.39, 0.29) is 6.42 Å². The molecule has 0 unspecified atom stereocenters. The van der Waals surface area contributed by atoms with Gasteiger partial charge in [0.2, 0.25) is 0 Å². The standard InChI is InChI=1S/C21H30F4/c1-3-5-6-16-7-9-17(10-8-16)18-11-13-19(14-12-18)21(24,25)20(22,23)15-4-2/h11-14,16-17H,3-10,15H2,1-2H3. The molecule has 1 aromatic carbocycles. The molecule has 0 aliphatic heterocycles. The van der Waals surface area contributed by atoms with Gasteiger partial charge in [-0.2, -0.15) is 17.6 Å². The number of rotatable bonds is 8. The Labute approximate surface area is 149 Å². The van der Waals surface area contributed by atoms with Crippen LogP contribution in [0, 0.1) is 5.92 Å². The first-order valence-corrected chi connectivity index (χ1v) is 9.67. The molecule has 0 heterocycles. The summed E-state index contributed by atoms with van der Waals surface area (Å²) in [6.07, 6.45) is 7.48. The summed E-state index contributed by atoms with van der Waals surface area (Å²) < 4.78 is 55.7. The lowest BCUT2D eigenvalue weighted by molar-refractivity contribution is -0.219. The molecule has 4 heteroatoms. The van der Waals surface area contributed by atoms with Crippen molar-refractivity contribution in [1.29, 1.82) is 0 Å². The van der Waals surface area contributed by atoms with Crippen molar-refractivity contribution < 1.29 is 17.6 Å². The molecule has 0 aromatic heterocycles. The lowest BCUT2D eigenvalue weighted by atomic mass is 9.77. The monoisotopic (exact) mass is 358 g/mol. The van der Waals surface area contributed by atoms with Gasteiger partial charge in [0.15, 0.2) is 0 Å². The van der Waals surface area contributed by atoms with Gasteiger partial charge in [-0.3, -0.25) is 0 Å². The number of hydrogen-bond acceptors (Lipinski definition) is 0. The molecule has 0 spiro atoms. The Kier molecular flexibility index (Phi) is 6.93. The number of benzene rings is 1. The Balaban J connectivity index is 2.01. The molecule has 0 saturated heterocycles. The zero-order chi connectivity index (χ0) is 18.5. The number of halogens is 4. The minimum absolute atomic E-state index is 0.0297. The third-order valence-corrected chi connectivity index (χ3v) is 5.58. The van der Waals surface area contributed by atoms with Crippen LogP contribution in [0.5, 0.6) is 0 Å². The van der Waals surface area contributed by atoms with Crippen molar-refractivity contribution in [3.8, 4) is 0 Å². The molecule has 1 aromatic rings. The highest BCUT2D eigenvalue weighted by Gasteiger charge is 2.56. The van der Waals surface area contributed by atoms with E-state index in [0.717, 1.165) is 24.3 Å². The predicted octanol–water partition coefficient (Wildman–Crippen LogP) is 7.68. The third-order valence-electron chi connectivity index (χ3n) is 5.58. The van der Waals surface area contributed by atoms with Crippen molar-refractivity contribution in [2.24, 2.45) is 5.92 Å². The van der Waals surface area contributed by atoms with Gasteiger partial charge < -0.3 is 0 Å². The molecule has 142 valence electrons. The van der Waals surface area contributed by atoms with Gasteiger partial charge >= 0.3 is 11.8 Å². The van der Waals surface area contributed by atoms with E-state index in [2.05, 4.69) is 6.92 Å². The van der Waals surface area contributed by atoms with Crippen molar-refractivity contribution in [1.82, 2.24) is 0 Å². The van der Waals surface area contributed by atoms with Crippen molar-refractivity contribution in [3.05, 3.63) is 35.4 Å². The Hall–Kier alpha value is -1.06. The second kappa shape index (κ2) is 8.55. The molecular weight excluding hydrogens is 328 g/mol. The fraction of sp³-hybridized carbons (Fsp3) is 0.714. The van der Waals surface area contributed by atoms with Crippen molar-refractivity contribution >= 4 is 0 Å². The second-order valence-corrected chi connectivity index (χ2v) is 7.51. The van der Waals surface area contributed by atoms with Crippen molar-refractivity contribution in [2.45, 2.75) is 89.4 Å². The number of unbranched alkanes of at least 4 members (excludes halogenated alkanes) is 1. The number of hydrogen-bond donors (Lipinski definition) is 0. The molecule has 0 amide bonds. The molecule has 2 rings (SSSR count). The maximum Gasteiger partial charge on any atom is 0.335 e. The lowest BCUT2D eigenvalue weighted by Crippen LogP contribution is -2.37. The van der Waals surface area contributed by atoms with Gasteiger partial charge in [0.25, 0.3) is 0 Å². The van der Waals surface area contributed by atoms with Gasteiger partial charge in [-0.15, -0.1) is 0 Å². The van der Waals surface area contributed by atoms with Crippen LogP contribution in [0.3, 0.4) is 0 Å². The van der Waals surface area contributed by atoms with E-state index in [1.54, 1.807) is 12.1 Å². The Morgan fingerprint density at radius 3 is 2.00 bits per heavy atom. The first-order chi connectivity index (χ1) is 11.8. The zero-order valence-corrected chi connectivity index (χ0v) is 15.3. The van der Waals surface area contributed by atoms with Crippen LogP contribution in [-0.2, 0) is 5.92 Å². The van der Waals surface area contributed by atoms with Gasteiger partial charge in [0.1, 0.15) is 0 Å². The predicted molar refractivity (Wildman–Crippen MR) is 94.4 cm³/mol. The number of alkyl halides is 4. The Morgan fingerprint density at radius 2 is 1.48 bits per heavy atom. The molecule has 0 N–H and O–H groups in total. The van der Waals surface area contributed by atoms with E-state index in [0.29, 0.717) is 5.92 Å². The topological polar surface area (TPSA) is 0 Å². The fourth-order valence-corrected chi connectivity index (χ4v) is 3.92. The normalized spacial score (nSPS) is 22.2. The van der Waals surface area contributed by atoms with Crippen LogP contribution in [0.1, 0.15) is 88.7 Å². The van der Waals surface area contributed by atoms with E-state index in [4.69, 9.17) is 0 Å². The van der Waals surface area contributed by atoms with Crippen LogP contribution >= 0.6 is 0 Å². The minimum Gasteiger partial charge on any atom is -0.199 e. The van der Waals surface area contributed by atoms with Crippen LogP contribution in [-0.4, -0.2) is 5.92 Å². The van der Waals surface area contributed by atoms with Crippen molar-refractivity contribution in [2.75, 3.05) is 0 Å². The molecule has 0 atom stereocenters. The maximum atomic E-state index is 14.1. The highest BCUT2D eigenvalue weighted by Crippen LogP contribution is 2.46. The van der Waals surface area contributed by atoms with Crippen molar-refractivity contribution in [3.63, 3.8) is 0 Å². The summed E-state index contributed by atoms with van der Waals surface area (Å²) in [7, 11) is 0. The average Bonchev–Trinajstić information content (AvgIpc) is 2.60. The summed E-state index contributed by atoms with van der Waals surface area (Å²) >= 11 is 0. The van der Waals surface area contributed by atoms with Crippen LogP contribution in [0.2, 0.25) is 0 Å². The molecule has 0 bridgehead atoms.